The largest absolute Gasteiger partial charge is 0.372 e. The molecule has 0 saturated carbocycles. The lowest BCUT2D eigenvalue weighted by Gasteiger charge is -2.52. The molecule has 1 spiro atoms. The summed E-state index contributed by atoms with van der Waals surface area (Å²) < 4.78 is 56.9. The molecule has 2 fully saturated rings. The highest BCUT2D eigenvalue weighted by Gasteiger charge is 2.51. The Kier molecular flexibility index (Phi) is 4.68. The molecule has 0 unspecified atom stereocenters. The van der Waals surface area contributed by atoms with E-state index in [4.69, 9.17) is 4.74 Å². The highest BCUT2D eigenvalue weighted by Crippen LogP contribution is 2.37. The normalized spacial score (nSPS) is 27.0. The van der Waals surface area contributed by atoms with Crippen LogP contribution in [-0.4, -0.2) is 77.6 Å². The summed E-state index contributed by atoms with van der Waals surface area (Å²) in [6, 6.07) is 0. The third kappa shape index (κ3) is 3.93. The van der Waals surface area contributed by atoms with Crippen molar-refractivity contribution in [1.29, 1.82) is 0 Å². The molecule has 2 saturated heterocycles. The van der Waals surface area contributed by atoms with Gasteiger partial charge in [-0.15, -0.1) is 0 Å². The lowest BCUT2D eigenvalue weighted by molar-refractivity contribution is -0.156. The number of nitrogens with zero attached hydrogens (tertiary/aromatic N) is 2. The van der Waals surface area contributed by atoms with Gasteiger partial charge in [0.2, 0.25) is 10.0 Å². The molecule has 0 aromatic rings. The molecule has 1 atom stereocenters. The van der Waals surface area contributed by atoms with Crippen molar-refractivity contribution in [3.63, 3.8) is 0 Å². The lowest BCUT2D eigenvalue weighted by atomic mass is 9.84. The minimum absolute atomic E-state index is 0.143. The van der Waals surface area contributed by atoms with E-state index in [1.807, 2.05) is 0 Å². The summed E-state index contributed by atoms with van der Waals surface area (Å²) in [6.07, 6.45) is 2.72. The SMILES string of the molecule is CN(C)S(=O)(=O)N1CC2(CC[C@@H](CNS(C)(=O)=O)CO2)C1. The monoisotopic (exact) mass is 341 g/mol. The maximum atomic E-state index is 11.9. The van der Waals surface area contributed by atoms with Gasteiger partial charge in [0.15, 0.2) is 0 Å². The van der Waals surface area contributed by atoms with Crippen LogP contribution < -0.4 is 4.72 Å². The summed E-state index contributed by atoms with van der Waals surface area (Å²) in [7, 11) is -3.53. The highest BCUT2D eigenvalue weighted by atomic mass is 32.2. The van der Waals surface area contributed by atoms with Gasteiger partial charge >= 0.3 is 0 Å². The second kappa shape index (κ2) is 5.74. The van der Waals surface area contributed by atoms with Gasteiger partial charge in [-0.25, -0.2) is 13.1 Å². The molecule has 2 aliphatic heterocycles. The predicted molar refractivity (Wildman–Crippen MR) is 78.4 cm³/mol. The van der Waals surface area contributed by atoms with Crippen LogP contribution in [-0.2, 0) is 25.0 Å². The van der Waals surface area contributed by atoms with E-state index in [1.54, 1.807) is 0 Å². The molecule has 2 rings (SSSR count). The Morgan fingerprint density at radius 3 is 2.33 bits per heavy atom. The fraction of sp³-hybridized carbons (Fsp3) is 1.00. The van der Waals surface area contributed by atoms with Gasteiger partial charge in [0, 0.05) is 33.7 Å². The molecule has 10 heteroatoms. The quantitative estimate of drug-likeness (QED) is 0.679. The summed E-state index contributed by atoms with van der Waals surface area (Å²) in [6.45, 7) is 1.58. The van der Waals surface area contributed by atoms with Crippen molar-refractivity contribution in [3.8, 4) is 0 Å². The molecule has 0 aliphatic carbocycles. The van der Waals surface area contributed by atoms with E-state index in [-0.39, 0.29) is 11.5 Å². The number of nitrogens with one attached hydrogen (secondary N) is 1. The Labute approximate surface area is 126 Å². The lowest BCUT2D eigenvalue weighted by Crippen LogP contribution is -2.67. The topological polar surface area (TPSA) is 96.0 Å². The molecule has 21 heavy (non-hydrogen) atoms. The minimum atomic E-state index is -3.36. The Balaban J connectivity index is 1.81. The summed E-state index contributed by atoms with van der Waals surface area (Å²) in [5, 5.41) is 0. The maximum absolute atomic E-state index is 11.9. The zero-order valence-corrected chi connectivity index (χ0v) is 14.2. The Morgan fingerprint density at radius 2 is 1.90 bits per heavy atom. The molecule has 0 amide bonds. The number of hydrogen-bond acceptors (Lipinski definition) is 5. The summed E-state index contributed by atoms with van der Waals surface area (Å²) in [4.78, 5) is 0. The second-order valence-corrected chi connectivity index (χ2v) is 10.1. The van der Waals surface area contributed by atoms with Crippen LogP contribution >= 0.6 is 0 Å². The van der Waals surface area contributed by atoms with Crippen LogP contribution in [0.25, 0.3) is 0 Å². The van der Waals surface area contributed by atoms with Gasteiger partial charge in [-0.1, -0.05) is 0 Å². The Bertz CT molecular complexity index is 571. The fourth-order valence-corrected chi connectivity index (χ4v) is 4.38. The third-order valence-corrected chi connectivity index (χ3v) is 6.51. The Morgan fingerprint density at radius 1 is 1.29 bits per heavy atom. The Hall–Kier alpha value is -0.260. The van der Waals surface area contributed by atoms with Crippen molar-refractivity contribution in [3.05, 3.63) is 0 Å². The number of ether oxygens (including phenoxy) is 1. The van der Waals surface area contributed by atoms with Crippen LogP contribution in [0.3, 0.4) is 0 Å². The molecule has 0 aromatic heterocycles. The number of hydrogen-bond donors (Lipinski definition) is 1. The summed E-state index contributed by atoms with van der Waals surface area (Å²) in [5.41, 5.74) is -0.384. The average Bonchev–Trinajstić information content (AvgIpc) is 2.33. The first-order valence-corrected chi connectivity index (χ1v) is 10.1. The van der Waals surface area contributed by atoms with Crippen molar-refractivity contribution in [2.75, 3.05) is 46.6 Å². The van der Waals surface area contributed by atoms with Gasteiger partial charge in [-0.2, -0.15) is 17.0 Å². The molecule has 2 heterocycles. The van der Waals surface area contributed by atoms with E-state index in [9.17, 15) is 16.8 Å². The van der Waals surface area contributed by atoms with Gasteiger partial charge in [0.1, 0.15) is 0 Å². The number of rotatable bonds is 5. The van der Waals surface area contributed by atoms with Crippen molar-refractivity contribution >= 4 is 20.2 Å². The molecular weight excluding hydrogens is 318 g/mol. The van der Waals surface area contributed by atoms with E-state index < -0.39 is 20.2 Å². The minimum Gasteiger partial charge on any atom is -0.372 e. The third-order valence-electron chi connectivity index (χ3n) is 3.98. The van der Waals surface area contributed by atoms with Gasteiger partial charge in [0.25, 0.3) is 10.2 Å². The van der Waals surface area contributed by atoms with E-state index in [0.29, 0.717) is 26.2 Å². The van der Waals surface area contributed by atoms with E-state index in [1.165, 1.54) is 22.7 Å². The van der Waals surface area contributed by atoms with Crippen molar-refractivity contribution in [2.45, 2.75) is 18.4 Å². The van der Waals surface area contributed by atoms with Crippen LogP contribution in [0.2, 0.25) is 0 Å². The van der Waals surface area contributed by atoms with Gasteiger partial charge < -0.3 is 4.74 Å². The molecular formula is C11H23N3O5S2. The van der Waals surface area contributed by atoms with Crippen LogP contribution in [0, 0.1) is 5.92 Å². The van der Waals surface area contributed by atoms with Gasteiger partial charge in [0.05, 0.1) is 18.5 Å². The van der Waals surface area contributed by atoms with Gasteiger partial charge in [-0.3, -0.25) is 0 Å². The van der Waals surface area contributed by atoms with Gasteiger partial charge in [-0.05, 0) is 18.8 Å². The zero-order chi connectivity index (χ0) is 15.9. The molecule has 1 N–H and O–H groups in total. The van der Waals surface area contributed by atoms with E-state index in [0.717, 1.165) is 19.1 Å². The first-order valence-electron chi connectivity index (χ1n) is 6.80. The van der Waals surface area contributed by atoms with Crippen molar-refractivity contribution < 1.29 is 21.6 Å². The zero-order valence-electron chi connectivity index (χ0n) is 12.6. The molecule has 8 nitrogen and oxygen atoms in total. The molecule has 124 valence electrons. The van der Waals surface area contributed by atoms with Crippen molar-refractivity contribution in [1.82, 2.24) is 13.3 Å². The molecule has 2 aliphatic rings. The standard InChI is InChI=1S/C11H23N3O5S2/c1-13(2)21(17,18)14-8-11(9-14)5-4-10(7-19-11)6-12-20(3,15)16/h10,12H,4-9H2,1-3H3/t10-/m0/s1. The smallest absolute Gasteiger partial charge is 0.281 e. The molecule has 0 aromatic carbocycles. The van der Waals surface area contributed by atoms with Crippen LogP contribution in [0.1, 0.15) is 12.8 Å². The number of sulfonamides is 1. The molecule has 0 radical (unpaired) electrons. The van der Waals surface area contributed by atoms with Crippen LogP contribution in [0.15, 0.2) is 0 Å². The van der Waals surface area contributed by atoms with E-state index >= 15 is 0 Å². The first-order chi connectivity index (χ1) is 9.54. The highest BCUT2D eigenvalue weighted by molar-refractivity contribution is 7.88. The second-order valence-electron chi connectivity index (χ2n) is 6.08. The maximum Gasteiger partial charge on any atom is 0.281 e. The van der Waals surface area contributed by atoms with Crippen LogP contribution in [0.4, 0.5) is 0 Å². The molecule has 0 bridgehead atoms. The summed E-state index contributed by atoms with van der Waals surface area (Å²) in [5.74, 6) is 0.143. The van der Waals surface area contributed by atoms with Crippen LogP contribution in [0.5, 0.6) is 0 Å². The predicted octanol–water partition coefficient (Wildman–Crippen LogP) is -1.18. The van der Waals surface area contributed by atoms with Crippen molar-refractivity contribution in [2.24, 2.45) is 5.92 Å². The first kappa shape index (κ1) is 17.1. The fourth-order valence-electron chi connectivity index (χ4n) is 2.59. The summed E-state index contributed by atoms with van der Waals surface area (Å²) >= 11 is 0. The average molecular weight is 341 g/mol. The van der Waals surface area contributed by atoms with E-state index in [2.05, 4.69) is 4.72 Å².